The van der Waals surface area contributed by atoms with E-state index in [1.165, 1.54) is 6.07 Å². The molecule has 33 heavy (non-hydrogen) atoms. The molecular weight excluding hydrogens is 408 g/mol. The molecule has 0 aliphatic carbocycles. The Balaban J connectivity index is 2.09. The van der Waals surface area contributed by atoms with E-state index in [-0.39, 0.29) is 17.1 Å². The Morgan fingerprint density at radius 1 is 0.697 bits per heavy atom. The molecule has 4 rings (SSSR count). The van der Waals surface area contributed by atoms with Crippen molar-refractivity contribution in [1.29, 1.82) is 0 Å². The molecule has 0 radical (unpaired) electrons. The van der Waals surface area contributed by atoms with Crippen molar-refractivity contribution in [2.24, 2.45) is 0 Å². The van der Waals surface area contributed by atoms with Gasteiger partial charge in [0, 0.05) is 22.8 Å². The van der Waals surface area contributed by atoms with Crippen molar-refractivity contribution >= 4 is 17.1 Å². The van der Waals surface area contributed by atoms with E-state index >= 15 is 0 Å². The Morgan fingerprint density at radius 3 is 1.61 bits per heavy atom. The van der Waals surface area contributed by atoms with Gasteiger partial charge in [0.05, 0.1) is 0 Å². The van der Waals surface area contributed by atoms with Gasteiger partial charge in [-0.1, -0.05) is 97.6 Å². The number of carbonyl (C=O) groups excluding carboxylic acids is 1. The first kappa shape index (κ1) is 21.8. The van der Waals surface area contributed by atoms with Crippen LogP contribution >= 0.6 is 0 Å². The first-order chi connectivity index (χ1) is 16.0. The summed E-state index contributed by atoms with van der Waals surface area (Å²) in [4.78, 5) is 12.4. The van der Waals surface area contributed by atoms with Crippen LogP contribution in [0, 0.1) is 0 Å². The highest BCUT2D eigenvalue weighted by Crippen LogP contribution is 2.41. The van der Waals surface area contributed by atoms with Crippen molar-refractivity contribution in [3.05, 3.63) is 144 Å². The molecular formula is C30H24O3. The molecule has 0 saturated carbocycles. The van der Waals surface area contributed by atoms with Gasteiger partial charge in [0.2, 0.25) is 0 Å². The summed E-state index contributed by atoms with van der Waals surface area (Å²) < 4.78 is 5.68. The predicted molar refractivity (Wildman–Crippen MR) is 133 cm³/mol. The molecule has 0 aromatic heterocycles. The largest absolute Gasteiger partial charge is 0.508 e. The van der Waals surface area contributed by atoms with Crippen LogP contribution in [0.4, 0.5) is 0 Å². The Bertz CT molecular complexity index is 1260. The lowest BCUT2D eigenvalue weighted by atomic mass is 9.85. The van der Waals surface area contributed by atoms with E-state index in [9.17, 15) is 9.90 Å². The molecule has 0 bridgehead atoms. The average molecular weight is 433 g/mol. The van der Waals surface area contributed by atoms with Crippen molar-refractivity contribution in [3.63, 3.8) is 0 Å². The van der Waals surface area contributed by atoms with Gasteiger partial charge < -0.3 is 9.84 Å². The number of phenols is 1. The minimum Gasteiger partial charge on any atom is -0.508 e. The second-order valence-corrected chi connectivity index (χ2v) is 7.70. The number of phenolic OH excluding ortho intramolecular Hbond substituents is 1. The summed E-state index contributed by atoms with van der Waals surface area (Å²) in [6.07, 6.45) is 0. The van der Waals surface area contributed by atoms with Crippen LogP contribution in [0.25, 0.3) is 11.1 Å². The normalized spacial score (nSPS) is 10.3. The average Bonchev–Trinajstić information content (AvgIpc) is 2.84. The van der Waals surface area contributed by atoms with Crippen molar-refractivity contribution in [2.75, 3.05) is 0 Å². The summed E-state index contributed by atoms with van der Waals surface area (Å²) in [7, 11) is 0. The summed E-state index contributed by atoms with van der Waals surface area (Å²) in [5.41, 5.74) is 5.84. The maximum absolute atomic E-state index is 12.4. The van der Waals surface area contributed by atoms with E-state index in [2.05, 4.69) is 30.8 Å². The molecule has 0 amide bonds. The Hall–Kier alpha value is -4.37. The number of benzene rings is 4. The van der Waals surface area contributed by atoms with Crippen molar-refractivity contribution in [3.8, 4) is 11.5 Å². The van der Waals surface area contributed by atoms with Gasteiger partial charge >= 0.3 is 5.97 Å². The second-order valence-electron chi connectivity index (χ2n) is 7.70. The Morgan fingerprint density at radius 2 is 1.15 bits per heavy atom. The fourth-order valence-electron chi connectivity index (χ4n) is 3.69. The van der Waals surface area contributed by atoms with Crippen LogP contribution in [0.1, 0.15) is 29.2 Å². The topological polar surface area (TPSA) is 46.5 Å². The fraction of sp³-hybridized carbons (Fsp3) is 0.0333. The summed E-state index contributed by atoms with van der Waals surface area (Å²) in [5.74, 6) is -0.266. The highest BCUT2D eigenvalue weighted by molar-refractivity contribution is 6.06. The SMILES string of the molecule is C=C(C)C(=O)Oc1cc(O)ccc1C(=C(c1ccccc1)c1ccccc1)c1ccccc1. The lowest BCUT2D eigenvalue weighted by Gasteiger charge is -2.20. The number of aromatic hydroxyl groups is 1. The zero-order valence-electron chi connectivity index (χ0n) is 18.4. The number of hydrogen-bond acceptors (Lipinski definition) is 3. The van der Waals surface area contributed by atoms with Gasteiger partial charge in [0.15, 0.2) is 0 Å². The molecule has 0 saturated heterocycles. The molecule has 0 unspecified atom stereocenters. The maximum Gasteiger partial charge on any atom is 0.338 e. The van der Waals surface area contributed by atoms with Gasteiger partial charge in [-0.15, -0.1) is 0 Å². The number of esters is 1. The van der Waals surface area contributed by atoms with Gasteiger partial charge in [-0.2, -0.15) is 0 Å². The van der Waals surface area contributed by atoms with Gasteiger partial charge in [0.1, 0.15) is 11.5 Å². The molecule has 3 heteroatoms. The van der Waals surface area contributed by atoms with Gasteiger partial charge in [-0.3, -0.25) is 0 Å². The fourth-order valence-corrected chi connectivity index (χ4v) is 3.69. The molecule has 4 aromatic carbocycles. The molecule has 3 nitrogen and oxygen atoms in total. The minimum absolute atomic E-state index is 0.0108. The Labute approximate surface area is 193 Å². The third kappa shape index (κ3) is 4.94. The molecule has 1 N–H and O–H groups in total. The van der Waals surface area contributed by atoms with Crippen LogP contribution in [0.15, 0.2) is 121 Å². The molecule has 0 aliphatic rings. The molecule has 0 fully saturated rings. The molecule has 0 spiro atoms. The first-order valence-electron chi connectivity index (χ1n) is 10.7. The third-order valence-electron chi connectivity index (χ3n) is 5.22. The van der Waals surface area contributed by atoms with Crippen molar-refractivity contribution in [1.82, 2.24) is 0 Å². The number of carbonyl (C=O) groups is 1. The van der Waals surface area contributed by atoms with Crippen molar-refractivity contribution < 1.29 is 14.6 Å². The predicted octanol–water partition coefficient (Wildman–Crippen LogP) is 6.88. The zero-order chi connectivity index (χ0) is 23.2. The zero-order valence-corrected chi connectivity index (χ0v) is 18.4. The van der Waals surface area contributed by atoms with Gasteiger partial charge in [0.25, 0.3) is 0 Å². The quantitative estimate of drug-likeness (QED) is 0.156. The minimum atomic E-state index is -0.546. The van der Waals surface area contributed by atoms with Gasteiger partial charge in [-0.25, -0.2) is 4.79 Å². The third-order valence-corrected chi connectivity index (χ3v) is 5.22. The number of hydrogen-bond donors (Lipinski definition) is 1. The van der Waals surface area contributed by atoms with Crippen LogP contribution in [0.2, 0.25) is 0 Å². The van der Waals surface area contributed by atoms with E-state index in [1.54, 1.807) is 19.1 Å². The summed E-state index contributed by atoms with van der Waals surface area (Å²) in [5, 5.41) is 10.2. The number of rotatable bonds is 6. The number of ether oxygens (including phenoxy) is 1. The van der Waals surface area contributed by atoms with Gasteiger partial charge in [-0.05, 0) is 41.3 Å². The second kappa shape index (κ2) is 9.84. The van der Waals surface area contributed by atoms with Crippen LogP contribution in [0.5, 0.6) is 11.5 Å². The summed E-state index contributed by atoms with van der Waals surface area (Å²) >= 11 is 0. The highest BCUT2D eigenvalue weighted by Gasteiger charge is 2.21. The van der Waals surface area contributed by atoms with Crippen LogP contribution in [-0.4, -0.2) is 11.1 Å². The molecule has 0 atom stereocenters. The van der Waals surface area contributed by atoms with Crippen LogP contribution in [0.3, 0.4) is 0 Å². The van der Waals surface area contributed by atoms with Crippen molar-refractivity contribution in [2.45, 2.75) is 6.92 Å². The van der Waals surface area contributed by atoms with Crippen LogP contribution < -0.4 is 4.74 Å². The molecule has 0 heterocycles. The van der Waals surface area contributed by atoms with E-state index in [0.717, 1.165) is 27.8 Å². The summed E-state index contributed by atoms with van der Waals surface area (Å²) in [6, 6.07) is 35.0. The Kier molecular flexibility index (Phi) is 6.51. The molecule has 162 valence electrons. The van der Waals surface area contributed by atoms with E-state index in [4.69, 9.17) is 4.74 Å². The lowest BCUT2D eigenvalue weighted by molar-refractivity contribution is -0.130. The van der Waals surface area contributed by atoms with E-state index in [0.29, 0.717) is 5.56 Å². The van der Waals surface area contributed by atoms with E-state index in [1.807, 2.05) is 66.7 Å². The standard InChI is InChI=1S/C30H24O3/c1-21(2)30(32)33-27-20-25(31)18-19-26(27)29(24-16-10-5-11-17-24)28(22-12-6-3-7-13-22)23-14-8-4-9-15-23/h3-20,31H,1H2,2H3. The maximum atomic E-state index is 12.4. The smallest absolute Gasteiger partial charge is 0.338 e. The first-order valence-corrected chi connectivity index (χ1v) is 10.7. The lowest BCUT2D eigenvalue weighted by Crippen LogP contribution is -2.10. The molecule has 4 aromatic rings. The molecule has 0 aliphatic heterocycles. The monoisotopic (exact) mass is 432 g/mol. The summed E-state index contributed by atoms with van der Waals surface area (Å²) in [6.45, 7) is 5.28. The highest BCUT2D eigenvalue weighted by atomic mass is 16.5. The van der Waals surface area contributed by atoms with E-state index < -0.39 is 5.97 Å². The van der Waals surface area contributed by atoms with Crippen LogP contribution in [-0.2, 0) is 4.79 Å².